The Morgan fingerprint density at radius 2 is 2.10 bits per heavy atom. The summed E-state index contributed by atoms with van der Waals surface area (Å²) in [5, 5.41) is 2.47. The van der Waals surface area contributed by atoms with E-state index in [1.165, 1.54) is 18.2 Å². The van der Waals surface area contributed by atoms with Crippen molar-refractivity contribution in [2.45, 2.75) is 32.3 Å². The zero-order valence-corrected chi connectivity index (χ0v) is 12.7. The summed E-state index contributed by atoms with van der Waals surface area (Å²) in [6.07, 6.45) is 0.886. The van der Waals surface area contributed by atoms with E-state index in [0.29, 0.717) is 12.3 Å². The first-order valence-corrected chi connectivity index (χ1v) is 6.82. The molecule has 6 heteroatoms. The molecule has 1 rings (SSSR count). The van der Waals surface area contributed by atoms with Crippen molar-refractivity contribution in [2.75, 3.05) is 31.4 Å². The number of amides is 1. The molecule has 1 aromatic rings. The third kappa shape index (κ3) is 6.55. The quantitative estimate of drug-likeness (QED) is 0.571. The molecule has 0 heterocycles. The Bertz CT molecular complexity index is 478. The second-order valence-electron chi connectivity index (χ2n) is 5.36. The molecule has 0 aliphatic heterocycles. The van der Waals surface area contributed by atoms with Crippen molar-refractivity contribution >= 4 is 17.3 Å². The van der Waals surface area contributed by atoms with Crippen LogP contribution in [0.4, 0.5) is 15.8 Å². The van der Waals surface area contributed by atoms with Gasteiger partial charge in [0, 0.05) is 19.4 Å². The van der Waals surface area contributed by atoms with Crippen LogP contribution in [-0.4, -0.2) is 31.8 Å². The number of carbonyl (C=O) groups is 1. The van der Waals surface area contributed by atoms with Crippen molar-refractivity contribution in [3.8, 4) is 0 Å². The van der Waals surface area contributed by atoms with Gasteiger partial charge >= 0.3 is 0 Å². The fraction of sp³-hybridized carbons (Fsp3) is 0.533. The lowest BCUT2D eigenvalue weighted by Gasteiger charge is -2.22. The van der Waals surface area contributed by atoms with Gasteiger partial charge in [-0.25, -0.2) is 4.39 Å². The number of hydrogen-bond donors (Lipinski definition) is 2. The number of rotatable bonds is 8. The van der Waals surface area contributed by atoms with E-state index in [0.717, 1.165) is 6.42 Å². The SMILES string of the molecule is COC(C)(C)CCOCCC(=O)Nc1cc(N)ccc1F. The Balaban J connectivity index is 2.27. The van der Waals surface area contributed by atoms with Crippen LogP contribution in [0.25, 0.3) is 0 Å². The molecule has 1 amide bonds. The van der Waals surface area contributed by atoms with Gasteiger partial charge in [0.2, 0.25) is 5.91 Å². The van der Waals surface area contributed by atoms with Crippen LogP contribution >= 0.6 is 0 Å². The molecule has 21 heavy (non-hydrogen) atoms. The number of benzene rings is 1. The number of methoxy groups -OCH3 is 1. The van der Waals surface area contributed by atoms with Crippen LogP contribution < -0.4 is 11.1 Å². The molecule has 5 nitrogen and oxygen atoms in total. The second-order valence-corrected chi connectivity index (χ2v) is 5.36. The first-order valence-electron chi connectivity index (χ1n) is 6.82. The van der Waals surface area contributed by atoms with Gasteiger partial charge in [0.15, 0.2) is 0 Å². The fourth-order valence-corrected chi connectivity index (χ4v) is 1.54. The van der Waals surface area contributed by atoms with Gasteiger partial charge in [0.25, 0.3) is 0 Å². The van der Waals surface area contributed by atoms with Crippen molar-refractivity contribution < 1.29 is 18.7 Å². The zero-order chi connectivity index (χ0) is 15.9. The molecule has 0 spiro atoms. The molecule has 0 radical (unpaired) electrons. The summed E-state index contributed by atoms with van der Waals surface area (Å²) in [7, 11) is 1.65. The van der Waals surface area contributed by atoms with Crippen molar-refractivity contribution in [1.29, 1.82) is 0 Å². The third-order valence-corrected chi connectivity index (χ3v) is 3.14. The molecule has 0 saturated carbocycles. The highest BCUT2D eigenvalue weighted by Crippen LogP contribution is 2.17. The largest absolute Gasteiger partial charge is 0.399 e. The normalized spacial score (nSPS) is 11.4. The van der Waals surface area contributed by atoms with Gasteiger partial charge in [-0.2, -0.15) is 0 Å². The maximum Gasteiger partial charge on any atom is 0.226 e. The molecule has 0 fully saturated rings. The predicted octanol–water partition coefficient (Wildman–Crippen LogP) is 2.57. The lowest BCUT2D eigenvalue weighted by molar-refractivity contribution is -0.117. The van der Waals surface area contributed by atoms with E-state index in [1.54, 1.807) is 7.11 Å². The molecule has 1 aromatic carbocycles. The Hall–Kier alpha value is -1.66. The van der Waals surface area contributed by atoms with E-state index in [4.69, 9.17) is 15.2 Å². The van der Waals surface area contributed by atoms with Gasteiger partial charge < -0.3 is 20.5 Å². The van der Waals surface area contributed by atoms with Gasteiger partial charge in [-0.3, -0.25) is 4.79 Å². The van der Waals surface area contributed by atoms with Crippen LogP contribution in [0.2, 0.25) is 0 Å². The Morgan fingerprint density at radius 1 is 1.38 bits per heavy atom. The van der Waals surface area contributed by atoms with E-state index >= 15 is 0 Å². The summed E-state index contributed by atoms with van der Waals surface area (Å²) in [6, 6.07) is 4.04. The van der Waals surface area contributed by atoms with Gasteiger partial charge in [-0.15, -0.1) is 0 Å². The monoisotopic (exact) mass is 298 g/mol. The molecule has 118 valence electrons. The zero-order valence-electron chi connectivity index (χ0n) is 12.7. The molecule has 0 saturated heterocycles. The molecule has 3 N–H and O–H groups in total. The average molecular weight is 298 g/mol. The van der Waals surface area contributed by atoms with Crippen molar-refractivity contribution in [3.05, 3.63) is 24.0 Å². The summed E-state index contributed by atoms with van der Waals surface area (Å²) in [4.78, 5) is 11.7. The number of nitrogens with two attached hydrogens (primary N) is 1. The minimum Gasteiger partial charge on any atom is -0.399 e. The highest BCUT2D eigenvalue weighted by Gasteiger charge is 2.15. The predicted molar refractivity (Wildman–Crippen MR) is 80.6 cm³/mol. The standard InChI is InChI=1S/C15H23FN2O3/c1-15(2,20-3)7-9-21-8-6-14(19)18-13-10-11(17)4-5-12(13)16/h4-5,10H,6-9,17H2,1-3H3,(H,18,19). The number of halogens is 1. The molecule has 0 bridgehead atoms. The highest BCUT2D eigenvalue weighted by atomic mass is 19.1. The van der Waals surface area contributed by atoms with Crippen LogP contribution in [0, 0.1) is 5.82 Å². The van der Waals surface area contributed by atoms with Gasteiger partial charge in [0.05, 0.1) is 24.3 Å². The minimum absolute atomic E-state index is 0.0838. The first-order chi connectivity index (χ1) is 9.84. The number of nitrogen functional groups attached to an aromatic ring is 1. The highest BCUT2D eigenvalue weighted by molar-refractivity contribution is 5.91. The Morgan fingerprint density at radius 3 is 2.76 bits per heavy atom. The minimum atomic E-state index is -0.514. The van der Waals surface area contributed by atoms with Crippen LogP contribution in [0.5, 0.6) is 0 Å². The summed E-state index contributed by atoms with van der Waals surface area (Å²) in [5.74, 6) is -0.828. The number of nitrogens with one attached hydrogen (secondary N) is 1. The number of anilines is 2. The van der Waals surface area contributed by atoms with Crippen molar-refractivity contribution in [3.63, 3.8) is 0 Å². The number of ether oxygens (including phenoxy) is 2. The topological polar surface area (TPSA) is 73.6 Å². The Labute approximate surface area is 124 Å². The first kappa shape index (κ1) is 17.4. The van der Waals surface area contributed by atoms with E-state index in [9.17, 15) is 9.18 Å². The Kier molecular flexibility index (Phi) is 6.58. The maximum absolute atomic E-state index is 13.4. The van der Waals surface area contributed by atoms with Crippen molar-refractivity contribution in [2.24, 2.45) is 0 Å². The lowest BCUT2D eigenvalue weighted by atomic mass is 10.1. The van der Waals surface area contributed by atoms with E-state index in [2.05, 4.69) is 5.32 Å². The molecule has 0 aromatic heterocycles. The van der Waals surface area contributed by atoms with Crippen LogP contribution in [0.1, 0.15) is 26.7 Å². The van der Waals surface area contributed by atoms with E-state index < -0.39 is 5.82 Å². The molecular weight excluding hydrogens is 275 g/mol. The average Bonchev–Trinajstić information content (AvgIpc) is 2.42. The van der Waals surface area contributed by atoms with E-state index in [-0.39, 0.29) is 30.2 Å². The van der Waals surface area contributed by atoms with Gasteiger partial charge in [-0.1, -0.05) is 0 Å². The molecule has 0 aliphatic rings. The fourth-order valence-electron chi connectivity index (χ4n) is 1.54. The number of hydrogen-bond acceptors (Lipinski definition) is 4. The molecule has 0 atom stereocenters. The second kappa shape index (κ2) is 7.95. The smallest absolute Gasteiger partial charge is 0.226 e. The third-order valence-electron chi connectivity index (χ3n) is 3.14. The summed E-state index contributed by atoms with van der Waals surface area (Å²) in [6.45, 7) is 4.70. The summed E-state index contributed by atoms with van der Waals surface area (Å²) in [5.41, 5.74) is 5.78. The maximum atomic E-state index is 13.4. The molecule has 0 aliphatic carbocycles. The summed E-state index contributed by atoms with van der Waals surface area (Å²) < 4.78 is 24.1. The van der Waals surface area contributed by atoms with Crippen LogP contribution in [0.3, 0.4) is 0 Å². The number of carbonyl (C=O) groups excluding carboxylic acids is 1. The van der Waals surface area contributed by atoms with E-state index in [1.807, 2.05) is 13.8 Å². The van der Waals surface area contributed by atoms with Gasteiger partial charge in [-0.05, 0) is 38.5 Å². The molecule has 0 unspecified atom stereocenters. The lowest BCUT2D eigenvalue weighted by Crippen LogP contribution is -2.25. The van der Waals surface area contributed by atoms with Gasteiger partial charge in [0.1, 0.15) is 5.82 Å². The van der Waals surface area contributed by atoms with Crippen LogP contribution in [0.15, 0.2) is 18.2 Å². The van der Waals surface area contributed by atoms with Crippen molar-refractivity contribution in [1.82, 2.24) is 0 Å². The van der Waals surface area contributed by atoms with Crippen LogP contribution in [-0.2, 0) is 14.3 Å². The molecular formula is C15H23FN2O3. The summed E-state index contributed by atoms with van der Waals surface area (Å²) >= 11 is 0.